The molecule has 1 rings (SSSR count). The Morgan fingerprint density at radius 3 is 1.58 bits per heavy atom. The first-order valence-electron chi connectivity index (χ1n) is 3.01. The van der Waals surface area contributed by atoms with Gasteiger partial charge in [-0.25, -0.2) is 5.84 Å². The summed E-state index contributed by atoms with van der Waals surface area (Å²) in [5.41, 5.74) is 1.75. The Kier molecular flexibility index (Phi) is 7.03. The molecule has 0 saturated heterocycles. The van der Waals surface area contributed by atoms with Gasteiger partial charge in [0.2, 0.25) is 6.41 Å². The van der Waals surface area contributed by atoms with Gasteiger partial charge in [-0.1, -0.05) is 31.9 Å². The Morgan fingerprint density at radius 2 is 1.42 bits per heavy atom. The third-order valence-corrected chi connectivity index (χ3v) is 1.93. The molecule has 3 nitrogen and oxygen atoms in total. The number of carbonyl (C=O) groups is 1. The molecule has 0 atom stereocenters. The van der Waals surface area contributed by atoms with E-state index < -0.39 is 0 Å². The lowest BCUT2D eigenvalue weighted by molar-refractivity contribution is -0.109. The topological polar surface area (TPSA) is 55.1 Å². The largest absolute Gasteiger partial charge is 0.297 e. The van der Waals surface area contributed by atoms with Crippen LogP contribution in [-0.2, 0) is 4.79 Å². The second kappa shape index (κ2) is 7.27. The number of carbonyl (C=O) groups excluding carboxylic acids is 1. The van der Waals surface area contributed by atoms with Crippen LogP contribution in [0.2, 0.25) is 0 Å². The van der Waals surface area contributed by atoms with E-state index in [-0.39, 0.29) is 0 Å². The zero-order valence-corrected chi connectivity index (χ0v) is 9.30. The summed E-state index contributed by atoms with van der Waals surface area (Å²) in [6.45, 7) is 0. The zero-order chi connectivity index (χ0) is 9.40. The van der Waals surface area contributed by atoms with E-state index >= 15 is 0 Å². The van der Waals surface area contributed by atoms with Gasteiger partial charge in [0, 0.05) is 8.95 Å². The average molecular weight is 296 g/mol. The third kappa shape index (κ3) is 6.33. The van der Waals surface area contributed by atoms with E-state index in [1.165, 1.54) is 0 Å². The minimum atomic E-state index is 0.403. The van der Waals surface area contributed by atoms with Crippen LogP contribution in [0.1, 0.15) is 0 Å². The van der Waals surface area contributed by atoms with Crippen molar-refractivity contribution in [3.63, 3.8) is 0 Å². The summed E-state index contributed by atoms with van der Waals surface area (Å²) < 4.78 is 2.22. The maximum atomic E-state index is 8.94. The summed E-state index contributed by atoms with van der Waals surface area (Å²) in [4.78, 5) is 8.94. The van der Waals surface area contributed by atoms with Gasteiger partial charge in [-0.3, -0.25) is 10.2 Å². The molecule has 0 aliphatic heterocycles. The second-order valence-corrected chi connectivity index (χ2v) is 3.55. The van der Waals surface area contributed by atoms with Crippen molar-refractivity contribution in [2.45, 2.75) is 0 Å². The van der Waals surface area contributed by atoms with Crippen molar-refractivity contribution in [2.75, 3.05) is 0 Å². The van der Waals surface area contributed by atoms with Gasteiger partial charge >= 0.3 is 0 Å². The van der Waals surface area contributed by atoms with Crippen molar-refractivity contribution in [1.29, 1.82) is 0 Å². The summed E-state index contributed by atoms with van der Waals surface area (Å²) in [7, 11) is 0. The van der Waals surface area contributed by atoms with Gasteiger partial charge in [0.25, 0.3) is 0 Å². The van der Waals surface area contributed by atoms with E-state index in [2.05, 4.69) is 37.7 Å². The minimum absolute atomic E-state index is 0.403. The van der Waals surface area contributed by atoms with Crippen LogP contribution in [-0.4, -0.2) is 6.41 Å². The fourth-order valence-electron chi connectivity index (χ4n) is 0.430. The van der Waals surface area contributed by atoms with Gasteiger partial charge < -0.3 is 0 Å². The van der Waals surface area contributed by atoms with Crippen molar-refractivity contribution in [3.8, 4) is 0 Å². The molecule has 1 amide bonds. The Bertz CT molecular complexity index is 204. The number of rotatable bonds is 1. The number of hydrogen-bond acceptors (Lipinski definition) is 2. The molecular formula is C7H8Br2N2O. The number of hydrogen-bond donors (Lipinski definition) is 2. The normalized spacial score (nSPS) is 7.92. The Balaban J connectivity index is 0.000000261. The predicted molar refractivity (Wildman–Crippen MR) is 55.2 cm³/mol. The highest BCUT2D eigenvalue weighted by Gasteiger charge is 1.83. The van der Waals surface area contributed by atoms with Gasteiger partial charge in [0.1, 0.15) is 0 Å². The molecule has 0 heterocycles. The lowest BCUT2D eigenvalue weighted by Crippen LogP contribution is -2.18. The van der Waals surface area contributed by atoms with Crippen molar-refractivity contribution < 1.29 is 4.79 Å². The molecule has 66 valence electrons. The molecule has 0 aliphatic carbocycles. The monoisotopic (exact) mass is 294 g/mol. The molecule has 0 fully saturated rings. The number of hydrazine groups is 1. The maximum Gasteiger partial charge on any atom is 0.221 e. The maximum absolute atomic E-state index is 8.94. The lowest BCUT2D eigenvalue weighted by Gasteiger charge is -1.86. The molecule has 12 heavy (non-hydrogen) atoms. The predicted octanol–water partition coefficient (Wildman–Crippen LogP) is 1.82. The molecule has 0 aliphatic rings. The summed E-state index contributed by atoms with van der Waals surface area (Å²) >= 11 is 6.65. The van der Waals surface area contributed by atoms with Gasteiger partial charge in [-0.05, 0) is 24.3 Å². The van der Waals surface area contributed by atoms with E-state index in [0.717, 1.165) is 8.95 Å². The highest BCUT2D eigenvalue weighted by atomic mass is 79.9. The SMILES string of the molecule is Brc1ccc(Br)cc1.NNC=O. The van der Waals surface area contributed by atoms with Gasteiger partial charge in [-0.2, -0.15) is 0 Å². The molecule has 0 bridgehead atoms. The van der Waals surface area contributed by atoms with E-state index in [4.69, 9.17) is 4.79 Å². The number of nitrogens with one attached hydrogen (secondary N) is 1. The van der Waals surface area contributed by atoms with Crippen LogP contribution in [0.25, 0.3) is 0 Å². The summed E-state index contributed by atoms with van der Waals surface area (Å²) in [5, 5.41) is 0. The van der Waals surface area contributed by atoms with E-state index in [1.54, 1.807) is 5.43 Å². The highest BCUT2D eigenvalue weighted by molar-refractivity contribution is 9.11. The van der Waals surface area contributed by atoms with E-state index in [1.807, 2.05) is 24.3 Å². The highest BCUT2D eigenvalue weighted by Crippen LogP contribution is 2.14. The average Bonchev–Trinajstić information content (AvgIpc) is 2.11. The molecule has 5 heteroatoms. The van der Waals surface area contributed by atoms with Crippen LogP contribution >= 0.6 is 31.9 Å². The first kappa shape index (κ1) is 11.6. The molecule has 0 spiro atoms. The first-order chi connectivity index (χ1) is 5.70. The Labute approximate surface area is 87.6 Å². The quantitative estimate of drug-likeness (QED) is 0.359. The van der Waals surface area contributed by atoms with Crippen LogP contribution in [0.15, 0.2) is 33.2 Å². The zero-order valence-electron chi connectivity index (χ0n) is 6.13. The molecule has 0 radical (unpaired) electrons. The smallest absolute Gasteiger partial charge is 0.221 e. The number of amides is 1. The minimum Gasteiger partial charge on any atom is -0.297 e. The standard InChI is InChI=1S/C6H4Br2.CH4N2O/c7-5-1-2-6(8)4-3-5;2-3-1-4/h1-4H;1H,2H2,(H,3,4). The number of nitrogens with two attached hydrogens (primary N) is 1. The van der Waals surface area contributed by atoms with Crippen molar-refractivity contribution in [2.24, 2.45) is 5.84 Å². The number of halogens is 2. The van der Waals surface area contributed by atoms with E-state index in [9.17, 15) is 0 Å². The van der Waals surface area contributed by atoms with Gasteiger partial charge in [-0.15, -0.1) is 0 Å². The Morgan fingerprint density at radius 1 is 1.17 bits per heavy atom. The van der Waals surface area contributed by atoms with Crippen molar-refractivity contribution in [3.05, 3.63) is 33.2 Å². The van der Waals surface area contributed by atoms with Gasteiger partial charge in [0.05, 0.1) is 0 Å². The summed E-state index contributed by atoms with van der Waals surface area (Å²) in [6.07, 6.45) is 0.403. The molecular weight excluding hydrogens is 288 g/mol. The fraction of sp³-hybridized carbons (Fsp3) is 0. The fourth-order valence-corrected chi connectivity index (χ4v) is 0.958. The van der Waals surface area contributed by atoms with Crippen LogP contribution in [0.4, 0.5) is 0 Å². The van der Waals surface area contributed by atoms with E-state index in [0.29, 0.717) is 6.41 Å². The Hall–Kier alpha value is -0.390. The molecule has 0 saturated carbocycles. The molecule has 0 unspecified atom stereocenters. The molecule has 3 N–H and O–H groups in total. The summed E-state index contributed by atoms with van der Waals surface area (Å²) in [6, 6.07) is 7.96. The van der Waals surface area contributed by atoms with Crippen LogP contribution < -0.4 is 11.3 Å². The van der Waals surface area contributed by atoms with Crippen LogP contribution in [0, 0.1) is 0 Å². The lowest BCUT2D eigenvalue weighted by atomic mass is 10.4. The van der Waals surface area contributed by atoms with Gasteiger partial charge in [0.15, 0.2) is 0 Å². The second-order valence-electron chi connectivity index (χ2n) is 1.72. The van der Waals surface area contributed by atoms with Crippen LogP contribution in [0.5, 0.6) is 0 Å². The molecule has 0 aromatic heterocycles. The van der Waals surface area contributed by atoms with Crippen molar-refractivity contribution in [1.82, 2.24) is 5.43 Å². The molecule has 1 aromatic rings. The summed E-state index contributed by atoms with van der Waals surface area (Å²) in [5.74, 6) is 4.41. The number of benzene rings is 1. The third-order valence-electron chi connectivity index (χ3n) is 0.872. The molecule has 1 aromatic carbocycles. The van der Waals surface area contributed by atoms with Crippen LogP contribution in [0.3, 0.4) is 0 Å². The van der Waals surface area contributed by atoms with Crippen molar-refractivity contribution >= 4 is 38.3 Å². The first-order valence-corrected chi connectivity index (χ1v) is 4.60.